The zero-order valence-corrected chi connectivity index (χ0v) is 20.0. The van der Waals surface area contributed by atoms with Crippen molar-refractivity contribution in [1.29, 1.82) is 0 Å². The van der Waals surface area contributed by atoms with Crippen molar-refractivity contribution in [3.63, 3.8) is 0 Å². The van der Waals surface area contributed by atoms with Crippen molar-refractivity contribution in [2.24, 2.45) is 0 Å². The Labute approximate surface area is 193 Å². The Kier molecular flexibility index (Phi) is 7.06. The Morgan fingerprint density at radius 2 is 1.97 bits per heavy atom. The second-order valence-corrected chi connectivity index (χ2v) is 10.9. The van der Waals surface area contributed by atoms with E-state index in [-0.39, 0.29) is 22.3 Å². The predicted molar refractivity (Wildman–Crippen MR) is 123 cm³/mol. The molecule has 0 radical (unpaired) electrons. The fourth-order valence-electron chi connectivity index (χ4n) is 3.88. The first kappa shape index (κ1) is 23.1. The van der Waals surface area contributed by atoms with Crippen LogP contribution in [0.5, 0.6) is 5.75 Å². The van der Waals surface area contributed by atoms with Crippen molar-refractivity contribution in [1.82, 2.24) is 19.1 Å². The van der Waals surface area contributed by atoms with Gasteiger partial charge in [-0.2, -0.15) is 4.31 Å². The maximum absolute atomic E-state index is 13.2. The summed E-state index contributed by atoms with van der Waals surface area (Å²) < 4.78 is 35.2. The zero-order valence-electron chi connectivity index (χ0n) is 18.4. The number of carbonyl (C=O) groups excluding carboxylic acids is 1. The van der Waals surface area contributed by atoms with Gasteiger partial charge in [0.2, 0.25) is 15.9 Å². The molecule has 0 bridgehead atoms. The summed E-state index contributed by atoms with van der Waals surface area (Å²) in [6.45, 7) is 3.80. The molecule has 2 heterocycles. The fourth-order valence-corrected chi connectivity index (χ4v) is 6.38. The summed E-state index contributed by atoms with van der Waals surface area (Å²) in [6, 6.07) is 4.71. The Bertz CT molecular complexity index is 1080. The van der Waals surface area contributed by atoms with Crippen LogP contribution >= 0.6 is 11.8 Å². The van der Waals surface area contributed by atoms with Crippen molar-refractivity contribution >= 4 is 33.4 Å². The number of aromatic nitrogens is 3. The lowest BCUT2D eigenvalue weighted by molar-refractivity contribution is -0.113. The molecule has 2 aliphatic rings. The van der Waals surface area contributed by atoms with E-state index in [9.17, 15) is 13.2 Å². The van der Waals surface area contributed by atoms with Crippen LogP contribution in [0.4, 0.5) is 5.69 Å². The van der Waals surface area contributed by atoms with Crippen LogP contribution in [0.15, 0.2) is 28.3 Å². The SMILES string of the molecule is CCn1c(SCC(=O)Nc2ccc(OC)c(S(=O)(=O)N3CCCCC3)c2)nnc1C1CC1. The van der Waals surface area contributed by atoms with Crippen molar-refractivity contribution in [2.45, 2.75) is 61.5 Å². The van der Waals surface area contributed by atoms with Crippen LogP contribution in [-0.4, -0.2) is 59.3 Å². The highest BCUT2D eigenvalue weighted by atomic mass is 32.2. The minimum Gasteiger partial charge on any atom is -0.495 e. The summed E-state index contributed by atoms with van der Waals surface area (Å²) in [5.41, 5.74) is 0.419. The summed E-state index contributed by atoms with van der Waals surface area (Å²) in [5, 5.41) is 12.1. The number of nitrogens with one attached hydrogen (secondary N) is 1. The van der Waals surface area contributed by atoms with E-state index in [2.05, 4.69) is 20.1 Å². The maximum atomic E-state index is 13.2. The number of nitrogens with zero attached hydrogens (tertiary/aromatic N) is 4. The molecule has 1 aromatic carbocycles. The number of hydrogen-bond acceptors (Lipinski definition) is 7. The number of amides is 1. The summed E-state index contributed by atoms with van der Waals surface area (Å²) in [5.74, 6) is 1.68. The number of piperidine rings is 1. The normalized spacial score (nSPS) is 17.3. The summed E-state index contributed by atoms with van der Waals surface area (Å²) in [6.07, 6.45) is 5.01. The van der Waals surface area contributed by atoms with Crippen molar-refractivity contribution in [3.8, 4) is 5.75 Å². The second-order valence-electron chi connectivity index (χ2n) is 8.03. The second kappa shape index (κ2) is 9.80. The van der Waals surface area contributed by atoms with Crippen LogP contribution in [-0.2, 0) is 21.4 Å². The molecular weight excluding hydrogens is 450 g/mol. The molecule has 1 aromatic heterocycles. The van der Waals surface area contributed by atoms with Gasteiger partial charge in [-0.25, -0.2) is 8.42 Å². The van der Waals surface area contributed by atoms with Crippen LogP contribution in [0.3, 0.4) is 0 Å². The number of rotatable bonds is 9. The highest BCUT2D eigenvalue weighted by molar-refractivity contribution is 7.99. The van der Waals surface area contributed by atoms with E-state index >= 15 is 0 Å². The molecule has 9 nitrogen and oxygen atoms in total. The van der Waals surface area contributed by atoms with E-state index in [0.29, 0.717) is 24.7 Å². The first-order chi connectivity index (χ1) is 15.4. The van der Waals surface area contributed by atoms with Gasteiger partial charge in [0.15, 0.2) is 5.16 Å². The Morgan fingerprint density at radius 3 is 2.62 bits per heavy atom. The number of methoxy groups -OCH3 is 1. The molecule has 1 N–H and O–H groups in total. The topological polar surface area (TPSA) is 106 Å². The molecule has 2 fully saturated rings. The smallest absolute Gasteiger partial charge is 0.246 e. The van der Waals surface area contributed by atoms with Gasteiger partial charge in [0.25, 0.3) is 0 Å². The number of thioether (sulfide) groups is 1. The van der Waals surface area contributed by atoms with Crippen LogP contribution < -0.4 is 10.1 Å². The van der Waals surface area contributed by atoms with E-state index < -0.39 is 10.0 Å². The molecule has 0 spiro atoms. The molecule has 0 unspecified atom stereocenters. The number of ether oxygens (including phenoxy) is 1. The standard InChI is InChI=1S/C21H29N5O4S2/c1-3-26-20(15-7-8-15)23-24-21(26)31-14-19(27)22-16-9-10-17(30-2)18(13-16)32(28,29)25-11-5-4-6-12-25/h9-10,13,15H,3-8,11-12,14H2,1-2H3,(H,22,27). The van der Waals surface area contributed by atoms with Crippen molar-refractivity contribution in [3.05, 3.63) is 24.0 Å². The molecular formula is C21H29N5O4S2. The monoisotopic (exact) mass is 479 g/mol. The van der Waals surface area contributed by atoms with Crippen LogP contribution in [0, 0.1) is 0 Å². The minimum absolute atomic E-state index is 0.0761. The molecule has 174 valence electrons. The van der Waals surface area contributed by atoms with Gasteiger partial charge in [0.1, 0.15) is 16.5 Å². The predicted octanol–water partition coefficient (Wildman–Crippen LogP) is 3.09. The Morgan fingerprint density at radius 1 is 1.22 bits per heavy atom. The summed E-state index contributed by atoms with van der Waals surface area (Å²) in [7, 11) is -2.25. The number of anilines is 1. The third-order valence-corrected chi connectivity index (χ3v) is 8.60. The summed E-state index contributed by atoms with van der Waals surface area (Å²) >= 11 is 1.33. The molecule has 1 saturated heterocycles. The van der Waals surface area contributed by atoms with Gasteiger partial charge >= 0.3 is 0 Å². The van der Waals surface area contributed by atoms with Gasteiger partial charge in [-0.05, 0) is 50.8 Å². The van der Waals surface area contributed by atoms with E-state index in [4.69, 9.17) is 4.74 Å². The number of hydrogen-bond donors (Lipinski definition) is 1. The quantitative estimate of drug-likeness (QED) is 0.551. The van der Waals surface area contributed by atoms with Gasteiger partial charge in [-0.15, -0.1) is 10.2 Å². The Balaban J connectivity index is 1.45. The first-order valence-corrected chi connectivity index (χ1v) is 13.4. The van der Waals surface area contributed by atoms with Crippen molar-refractivity contribution < 1.29 is 17.9 Å². The van der Waals surface area contributed by atoms with Gasteiger partial charge in [0.05, 0.1) is 12.9 Å². The highest BCUT2D eigenvalue weighted by Gasteiger charge is 2.31. The molecule has 11 heteroatoms. The van der Waals surface area contributed by atoms with E-state index in [1.54, 1.807) is 12.1 Å². The van der Waals surface area contributed by atoms with Crippen LogP contribution in [0.2, 0.25) is 0 Å². The fraction of sp³-hybridized carbons (Fsp3) is 0.571. The van der Waals surface area contributed by atoms with Gasteiger partial charge in [-0.3, -0.25) is 4.79 Å². The molecule has 4 rings (SSSR count). The lowest BCUT2D eigenvalue weighted by Gasteiger charge is -2.26. The minimum atomic E-state index is -3.70. The molecule has 1 aliphatic carbocycles. The zero-order chi connectivity index (χ0) is 22.7. The highest BCUT2D eigenvalue weighted by Crippen LogP contribution is 2.40. The number of sulfonamides is 1. The van der Waals surface area contributed by atoms with E-state index in [1.165, 1.54) is 29.2 Å². The molecule has 1 aliphatic heterocycles. The third kappa shape index (κ3) is 4.94. The molecule has 1 saturated carbocycles. The largest absolute Gasteiger partial charge is 0.495 e. The first-order valence-electron chi connectivity index (χ1n) is 11.0. The van der Waals surface area contributed by atoms with E-state index in [0.717, 1.165) is 49.6 Å². The van der Waals surface area contributed by atoms with Crippen molar-refractivity contribution in [2.75, 3.05) is 31.3 Å². The number of benzene rings is 1. The number of carbonyl (C=O) groups is 1. The van der Waals surface area contributed by atoms with E-state index in [1.807, 2.05) is 6.92 Å². The average molecular weight is 480 g/mol. The van der Waals surface area contributed by atoms with Crippen LogP contribution in [0.1, 0.15) is 50.8 Å². The van der Waals surface area contributed by atoms with Gasteiger partial charge in [0, 0.05) is 31.2 Å². The lowest BCUT2D eigenvalue weighted by Crippen LogP contribution is -2.35. The molecule has 1 amide bonds. The molecule has 32 heavy (non-hydrogen) atoms. The lowest BCUT2D eigenvalue weighted by atomic mass is 10.2. The maximum Gasteiger partial charge on any atom is 0.246 e. The average Bonchev–Trinajstić information content (AvgIpc) is 3.57. The Hall–Kier alpha value is -2.11. The molecule has 0 atom stereocenters. The third-order valence-electron chi connectivity index (χ3n) is 5.72. The van der Waals surface area contributed by atoms with Crippen LogP contribution in [0.25, 0.3) is 0 Å². The summed E-state index contributed by atoms with van der Waals surface area (Å²) in [4.78, 5) is 12.7. The molecule has 2 aromatic rings. The van der Waals surface area contributed by atoms with Gasteiger partial charge in [-0.1, -0.05) is 18.2 Å². The van der Waals surface area contributed by atoms with Gasteiger partial charge < -0.3 is 14.6 Å².